The van der Waals surface area contributed by atoms with Crippen LogP contribution in [0.5, 0.6) is 0 Å². The summed E-state index contributed by atoms with van der Waals surface area (Å²) in [6.45, 7) is 0. The van der Waals surface area contributed by atoms with Gasteiger partial charge < -0.3 is 5.71 Å². The summed E-state index contributed by atoms with van der Waals surface area (Å²) in [5, 5.41) is 0. The minimum Gasteiger partial charge on any atom is 0 e. The van der Waals surface area contributed by atoms with Crippen LogP contribution in [0.1, 0.15) is 5.71 Å². The molecular weight excluding hydrogens is 450 g/mol. The van der Waals surface area contributed by atoms with E-state index in [1.165, 1.54) is 0 Å². The van der Waals surface area contributed by atoms with Gasteiger partial charge in [0.2, 0.25) is 0 Å². The molecule has 0 N–H and O–H groups in total. The third kappa shape index (κ3) is 18.2. The molecule has 5 heavy (non-hydrogen) atoms. The molecule has 0 aromatic heterocycles. The second kappa shape index (κ2) is 25.1. The van der Waals surface area contributed by atoms with Crippen LogP contribution in [0.3, 0.4) is 0 Å². The Morgan fingerprint density at radius 1 is 1.40 bits per heavy atom. The second-order valence-electron chi connectivity index (χ2n) is 0. The Labute approximate surface area is 125 Å². The Kier molecular flexibility index (Phi) is 117. The van der Waals surface area contributed by atoms with Crippen LogP contribution in [0.2, 0.25) is 0 Å². The van der Waals surface area contributed by atoms with E-state index in [9.17, 15) is 0 Å². The quantitative estimate of drug-likeness (QED) is 0.455. The van der Waals surface area contributed by atoms with Crippen molar-refractivity contribution in [3.8, 4) is 0 Å². The molecule has 0 fully saturated rings. The van der Waals surface area contributed by atoms with Gasteiger partial charge in [0.05, 0.1) is 0 Å². The smallest absolute Gasteiger partial charge is 0 e. The van der Waals surface area contributed by atoms with Gasteiger partial charge in [-0.25, -0.2) is 0 Å². The van der Waals surface area contributed by atoms with Crippen LogP contribution in [0.15, 0.2) is 0 Å². The summed E-state index contributed by atoms with van der Waals surface area (Å²) < 4.78 is 8.36. The Hall–Kier alpha value is 3.76. The molecule has 0 radical (unpaired) electrons. The van der Waals surface area contributed by atoms with E-state index < -0.39 is 0 Å². The molecule has 0 heterocycles. The SMILES string of the molecule is [Ba+2].[H-].[H-].[H-].[H-].[Mg+2].[O]=[Ta].[Zr]. The van der Waals surface area contributed by atoms with Gasteiger partial charge in [-0.15, -0.1) is 0 Å². The minimum absolute atomic E-state index is 0. The fourth-order valence-electron chi connectivity index (χ4n) is 0. The van der Waals surface area contributed by atoms with Crippen molar-refractivity contribution in [2.24, 2.45) is 0 Å². The molecule has 5 heteroatoms. The predicted octanol–water partition coefficient (Wildman–Crippen LogP) is -0.435. The molecule has 0 spiro atoms. The first kappa shape index (κ1) is 23.3. The van der Waals surface area contributed by atoms with Crippen molar-refractivity contribution < 1.29 is 56.2 Å². The van der Waals surface area contributed by atoms with Gasteiger partial charge in [-0.1, -0.05) is 0 Å². The summed E-state index contributed by atoms with van der Waals surface area (Å²) in [5.41, 5.74) is 0. The summed E-state index contributed by atoms with van der Waals surface area (Å²) in [6.07, 6.45) is 0. The molecule has 0 aliphatic heterocycles. The summed E-state index contributed by atoms with van der Waals surface area (Å²) in [7, 11) is 0. The molecule has 1 nitrogen and oxygen atoms in total. The van der Waals surface area contributed by atoms with Crippen molar-refractivity contribution >= 4 is 71.9 Å². The first-order valence-corrected chi connectivity index (χ1v) is 1.49. The number of hydrogen-bond acceptors (Lipinski definition) is 1. The van der Waals surface area contributed by atoms with E-state index in [1.54, 1.807) is 0 Å². The van der Waals surface area contributed by atoms with Gasteiger partial charge >= 0.3 is 96.2 Å². The molecule has 0 aliphatic rings. The fourth-order valence-corrected chi connectivity index (χ4v) is 0. The molecule has 0 rings (SSSR count). The number of hydrogen-bond donors (Lipinski definition) is 0. The second-order valence-corrected chi connectivity index (χ2v) is 0. The third-order valence-electron chi connectivity index (χ3n) is 0. The van der Waals surface area contributed by atoms with Crippen LogP contribution in [0.25, 0.3) is 0 Å². The molecule has 0 bridgehead atoms. The molecule has 0 aromatic carbocycles. The Balaban J connectivity index is -0.000000000238. The minimum atomic E-state index is 0. The van der Waals surface area contributed by atoms with Crippen LogP contribution >= 0.6 is 0 Å². The molecule has 23 valence electrons. The topological polar surface area (TPSA) is 17.1 Å². The maximum Gasteiger partial charge on any atom is 0 e. The maximum atomic E-state index is 8.36. The zero-order valence-electron chi connectivity index (χ0n) is 6.77. The van der Waals surface area contributed by atoms with Gasteiger partial charge in [0.1, 0.15) is 0 Å². The summed E-state index contributed by atoms with van der Waals surface area (Å²) in [4.78, 5) is 0. The average Bonchev–Trinajstić information content (AvgIpc) is 1.00. The maximum absolute atomic E-state index is 8.36. The van der Waals surface area contributed by atoms with E-state index in [0.29, 0.717) is 0 Å². The van der Waals surface area contributed by atoms with Gasteiger partial charge in [0.15, 0.2) is 0 Å². The molecule has 0 saturated carbocycles. The van der Waals surface area contributed by atoms with Gasteiger partial charge in [-0.05, 0) is 0 Å². The van der Waals surface area contributed by atoms with E-state index >= 15 is 0 Å². The van der Waals surface area contributed by atoms with E-state index in [1.807, 2.05) is 0 Å². The van der Waals surface area contributed by atoms with Crippen LogP contribution in [-0.2, 0) is 50.5 Å². The van der Waals surface area contributed by atoms with Gasteiger partial charge in [-0.3, -0.25) is 0 Å². The van der Waals surface area contributed by atoms with Crippen molar-refractivity contribution in [2.45, 2.75) is 0 Å². The largest absolute Gasteiger partial charge is 0 e. The summed E-state index contributed by atoms with van der Waals surface area (Å²) in [6, 6.07) is 0. The molecule has 0 aromatic rings. The van der Waals surface area contributed by atoms with E-state index in [4.69, 9.17) is 3.25 Å². The Morgan fingerprint density at radius 3 is 1.40 bits per heavy atom. The Morgan fingerprint density at radius 2 is 1.40 bits per heavy atom. The van der Waals surface area contributed by atoms with Crippen molar-refractivity contribution in [1.82, 2.24) is 0 Å². The predicted molar refractivity (Wildman–Crippen MR) is 16.6 cm³/mol. The van der Waals surface area contributed by atoms with Crippen molar-refractivity contribution in [3.05, 3.63) is 0 Å². The van der Waals surface area contributed by atoms with Gasteiger partial charge in [-0.2, -0.15) is 0 Å². The first-order valence-electron chi connectivity index (χ1n) is 0.183. The van der Waals surface area contributed by atoms with Crippen LogP contribution < -0.4 is 0 Å². The number of rotatable bonds is 0. The molecular formula is H4BaMgOTaZr. The average molecular weight is 454 g/mol. The van der Waals surface area contributed by atoms with Crippen LogP contribution in [0, 0.1) is 0 Å². The molecule has 0 aliphatic carbocycles. The normalized spacial score (nSPS) is 0.600. The van der Waals surface area contributed by atoms with Crippen LogP contribution in [-0.4, -0.2) is 71.9 Å². The third-order valence-corrected chi connectivity index (χ3v) is 0. The van der Waals surface area contributed by atoms with E-state index in [0.717, 1.165) is 0 Å². The standard InChI is InChI=1S/Ba.Mg.O.Ta.Zr.4H/q2*+2;;;;4*-1. The van der Waals surface area contributed by atoms with E-state index in [-0.39, 0.29) is 125 Å². The van der Waals surface area contributed by atoms with Gasteiger partial charge in [0, 0.05) is 26.2 Å². The zero-order valence-corrected chi connectivity index (χ0v) is 14.3. The summed E-state index contributed by atoms with van der Waals surface area (Å²) >= 11 is 0.194. The monoisotopic (exact) mass is 453 g/mol. The molecule has 0 atom stereocenters. The zero-order chi connectivity index (χ0) is 2.00. The van der Waals surface area contributed by atoms with Crippen molar-refractivity contribution in [1.29, 1.82) is 0 Å². The fraction of sp³-hybridized carbons (Fsp3) is 0. The molecule has 0 unspecified atom stereocenters. The molecule has 0 saturated heterocycles. The van der Waals surface area contributed by atoms with Crippen molar-refractivity contribution in [2.75, 3.05) is 0 Å². The Bertz CT molecular complexity index is 20.5. The van der Waals surface area contributed by atoms with Crippen molar-refractivity contribution in [3.63, 3.8) is 0 Å². The van der Waals surface area contributed by atoms with Gasteiger partial charge in [0.25, 0.3) is 0 Å². The summed E-state index contributed by atoms with van der Waals surface area (Å²) in [5.74, 6) is 0. The first-order chi connectivity index (χ1) is 1.00. The van der Waals surface area contributed by atoms with E-state index in [2.05, 4.69) is 0 Å². The van der Waals surface area contributed by atoms with Crippen LogP contribution in [0.4, 0.5) is 0 Å². The molecule has 0 amide bonds.